The molecule has 2 aliphatic rings. The predicted octanol–water partition coefficient (Wildman–Crippen LogP) is 2.98. The molecule has 0 unspecified atom stereocenters. The van der Waals surface area contributed by atoms with Crippen molar-refractivity contribution in [3.8, 4) is 23.5 Å². The van der Waals surface area contributed by atoms with Crippen LogP contribution in [0.15, 0.2) is 60.7 Å². The fourth-order valence-electron chi connectivity index (χ4n) is 5.44. The summed E-state index contributed by atoms with van der Waals surface area (Å²) in [5.41, 5.74) is 6.74. The Morgan fingerprint density at radius 2 is 1.58 bits per heavy atom. The molecule has 3 aromatic carbocycles. The number of nitrogens with zero attached hydrogens (tertiary/aromatic N) is 2. The standard InChI is InChI=1S/C29H27BF3N2O2.K/c1-3-22-16-21(18-30(31,32)33)17-28(20(22)2)34-12-14-35(15-13-34)29(36)37-19-27-25-10-6-4-8-23(25)24-9-5-7-11-26(24)27;/h1,4-11,16-17,27H,12-15,18-19H2,2H3;/q-1;+1. The molecule has 3 aromatic rings. The minimum Gasteiger partial charge on any atom is -0.449 e. The molecule has 38 heavy (non-hydrogen) atoms. The molecule has 1 saturated heterocycles. The SMILES string of the molecule is C#Cc1cc(C[B-](F)(F)F)cc(N2CCN(C(=O)OCC3c4ccccc4-c4ccccc43)CC2)c1C.[K+]. The monoisotopic (exact) mass is 542 g/mol. The zero-order valence-corrected chi connectivity index (χ0v) is 24.7. The number of ether oxygens (including phenoxy) is 1. The van der Waals surface area contributed by atoms with Gasteiger partial charge in [-0.3, -0.25) is 0 Å². The van der Waals surface area contributed by atoms with Crippen LogP contribution >= 0.6 is 0 Å². The van der Waals surface area contributed by atoms with Gasteiger partial charge in [-0.05, 0) is 46.9 Å². The van der Waals surface area contributed by atoms with Gasteiger partial charge >= 0.3 is 64.5 Å². The molecule has 190 valence electrons. The van der Waals surface area contributed by atoms with Crippen molar-refractivity contribution in [2.45, 2.75) is 19.2 Å². The van der Waals surface area contributed by atoms with Crippen LogP contribution in [-0.2, 0) is 11.1 Å². The van der Waals surface area contributed by atoms with Crippen molar-refractivity contribution in [1.29, 1.82) is 0 Å². The van der Waals surface area contributed by atoms with Crippen molar-refractivity contribution in [3.05, 3.63) is 88.5 Å². The maximum atomic E-state index is 13.1. The Kier molecular flexibility index (Phi) is 9.00. The number of hydrogen-bond acceptors (Lipinski definition) is 3. The molecule has 0 N–H and O–H groups in total. The van der Waals surface area contributed by atoms with E-state index in [2.05, 4.69) is 30.2 Å². The van der Waals surface area contributed by atoms with Crippen molar-refractivity contribution in [2.24, 2.45) is 0 Å². The molecule has 5 rings (SSSR count). The molecule has 1 aliphatic heterocycles. The molecule has 0 aromatic heterocycles. The first-order valence-electron chi connectivity index (χ1n) is 12.4. The van der Waals surface area contributed by atoms with Crippen LogP contribution in [0.4, 0.5) is 23.4 Å². The van der Waals surface area contributed by atoms with Crippen molar-refractivity contribution >= 4 is 18.8 Å². The molecule has 1 aliphatic carbocycles. The van der Waals surface area contributed by atoms with Crippen molar-refractivity contribution in [2.75, 3.05) is 37.7 Å². The van der Waals surface area contributed by atoms with Gasteiger partial charge in [0.2, 0.25) is 0 Å². The van der Waals surface area contributed by atoms with Gasteiger partial charge < -0.3 is 27.5 Å². The third kappa shape index (κ3) is 6.00. The van der Waals surface area contributed by atoms with E-state index in [0.29, 0.717) is 37.4 Å². The number of carbonyl (C=O) groups is 1. The zero-order valence-electron chi connectivity index (χ0n) is 21.6. The quantitative estimate of drug-likeness (QED) is 0.367. The van der Waals surface area contributed by atoms with E-state index in [1.54, 1.807) is 11.0 Å². The Balaban J connectivity index is 0.00000336. The first-order chi connectivity index (χ1) is 17.7. The topological polar surface area (TPSA) is 32.8 Å². The van der Waals surface area contributed by atoms with Crippen LogP contribution in [0, 0.1) is 19.3 Å². The third-order valence-electron chi connectivity index (χ3n) is 7.28. The molecule has 1 fully saturated rings. The van der Waals surface area contributed by atoms with E-state index < -0.39 is 13.3 Å². The number of halogens is 3. The van der Waals surface area contributed by atoms with Gasteiger partial charge in [-0.15, -0.1) is 6.42 Å². The largest absolute Gasteiger partial charge is 1.00 e. The van der Waals surface area contributed by atoms with Gasteiger partial charge in [-0.25, -0.2) is 4.79 Å². The molecule has 1 amide bonds. The van der Waals surface area contributed by atoms with Gasteiger partial charge in [-0.2, -0.15) is 0 Å². The Bertz CT molecular complexity index is 1340. The second-order valence-corrected chi connectivity index (χ2v) is 9.62. The molecule has 0 spiro atoms. The summed E-state index contributed by atoms with van der Waals surface area (Å²) >= 11 is 0. The van der Waals surface area contributed by atoms with Crippen LogP contribution in [0.3, 0.4) is 0 Å². The Hall–Kier alpha value is -2.22. The molecule has 0 bridgehead atoms. The van der Waals surface area contributed by atoms with E-state index in [1.165, 1.54) is 17.2 Å². The molecular formula is C29H27BF3KN2O2. The van der Waals surface area contributed by atoms with Gasteiger partial charge in [0.05, 0.1) is 0 Å². The summed E-state index contributed by atoms with van der Waals surface area (Å²) < 4.78 is 45.0. The first-order valence-corrected chi connectivity index (χ1v) is 12.4. The van der Waals surface area contributed by atoms with E-state index in [9.17, 15) is 17.7 Å². The number of anilines is 1. The molecule has 0 atom stereocenters. The maximum Gasteiger partial charge on any atom is 1.00 e. The van der Waals surface area contributed by atoms with Crippen molar-refractivity contribution < 1.29 is 73.9 Å². The zero-order chi connectivity index (χ0) is 26.2. The fraction of sp³-hybridized carbons (Fsp3) is 0.276. The second-order valence-electron chi connectivity index (χ2n) is 9.62. The average molecular weight is 542 g/mol. The van der Waals surface area contributed by atoms with Crippen LogP contribution in [0.2, 0.25) is 0 Å². The number of amides is 1. The minimum absolute atomic E-state index is 0. The number of hydrogen-bond donors (Lipinski definition) is 0. The Morgan fingerprint density at radius 3 is 2.13 bits per heavy atom. The van der Waals surface area contributed by atoms with E-state index in [0.717, 1.165) is 16.7 Å². The smallest absolute Gasteiger partial charge is 0.449 e. The van der Waals surface area contributed by atoms with E-state index in [1.807, 2.05) is 36.1 Å². The summed E-state index contributed by atoms with van der Waals surface area (Å²) in [7, 11) is 0. The number of piperazine rings is 1. The number of carbonyl (C=O) groups excluding carboxylic acids is 1. The summed E-state index contributed by atoms with van der Waals surface area (Å²) in [5.74, 6) is 2.50. The van der Waals surface area contributed by atoms with E-state index >= 15 is 0 Å². The number of fused-ring (bicyclic) bond motifs is 3. The molecule has 0 saturated carbocycles. The molecule has 9 heteroatoms. The molecule has 4 nitrogen and oxygen atoms in total. The summed E-state index contributed by atoms with van der Waals surface area (Å²) in [6, 6.07) is 19.4. The predicted molar refractivity (Wildman–Crippen MR) is 141 cm³/mol. The van der Waals surface area contributed by atoms with Crippen LogP contribution in [-0.4, -0.2) is 50.8 Å². The van der Waals surface area contributed by atoms with Crippen LogP contribution in [0.1, 0.15) is 33.7 Å². The van der Waals surface area contributed by atoms with Crippen molar-refractivity contribution in [1.82, 2.24) is 4.90 Å². The van der Waals surface area contributed by atoms with E-state index in [-0.39, 0.29) is 75.6 Å². The molecule has 1 heterocycles. The average Bonchev–Trinajstić information content (AvgIpc) is 3.21. The number of benzene rings is 3. The third-order valence-corrected chi connectivity index (χ3v) is 7.28. The van der Waals surface area contributed by atoms with Gasteiger partial charge in [0.25, 0.3) is 0 Å². The second kappa shape index (κ2) is 11.9. The Labute approximate surface area is 264 Å². The summed E-state index contributed by atoms with van der Waals surface area (Å²) in [6.45, 7) is -1.11. The first kappa shape index (κ1) is 28.8. The van der Waals surface area contributed by atoms with Gasteiger partial charge in [0, 0.05) is 43.3 Å². The minimum atomic E-state index is -4.97. The van der Waals surface area contributed by atoms with Crippen molar-refractivity contribution in [3.63, 3.8) is 0 Å². The van der Waals surface area contributed by atoms with Crippen LogP contribution in [0.25, 0.3) is 11.1 Å². The summed E-state index contributed by atoms with van der Waals surface area (Å²) in [4.78, 5) is 16.6. The maximum absolute atomic E-state index is 13.1. The Morgan fingerprint density at radius 1 is 1.00 bits per heavy atom. The van der Waals surface area contributed by atoms with Gasteiger partial charge in [-0.1, -0.05) is 66.3 Å². The molecular weight excluding hydrogens is 515 g/mol. The van der Waals surface area contributed by atoms with Crippen LogP contribution < -0.4 is 56.3 Å². The number of terminal acetylenes is 1. The van der Waals surface area contributed by atoms with Gasteiger partial charge in [0.1, 0.15) is 6.61 Å². The molecule has 0 radical (unpaired) electrons. The fourth-order valence-corrected chi connectivity index (χ4v) is 5.44. The normalized spacial score (nSPS) is 14.8. The van der Waals surface area contributed by atoms with E-state index in [4.69, 9.17) is 11.2 Å². The number of rotatable bonds is 5. The summed E-state index contributed by atoms with van der Waals surface area (Å²) in [5, 5.41) is 0. The summed E-state index contributed by atoms with van der Waals surface area (Å²) in [6.07, 6.45) is 4.22. The van der Waals surface area contributed by atoms with Crippen LogP contribution in [0.5, 0.6) is 0 Å². The van der Waals surface area contributed by atoms with Gasteiger partial charge in [0.15, 0.2) is 0 Å².